The maximum Gasteiger partial charge on any atom is 0.387 e. The highest BCUT2D eigenvalue weighted by atomic mass is 32.1. The molecule has 0 saturated heterocycles. The van der Waals surface area contributed by atoms with Crippen LogP contribution in [0.2, 0.25) is 0 Å². The number of para-hydroxylation sites is 1. The summed E-state index contributed by atoms with van der Waals surface area (Å²) in [5.41, 5.74) is 4.06. The van der Waals surface area contributed by atoms with Crippen molar-refractivity contribution in [2.75, 3.05) is 5.32 Å². The second kappa shape index (κ2) is 8.57. The number of nitrogens with one attached hydrogen (secondary N) is 3. The topological polar surface area (TPSA) is 62.4 Å². The molecule has 0 fully saturated rings. The van der Waals surface area contributed by atoms with Gasteiger partial charge in [0.1, 0.15) is 5.75 Å². The number of amides is 1. The highest BCUT2D eigenvalue weighted by Gasteiger charge is 2.32. The van der Waals surface area contributed by atoms with Gasteiger partial charge in [0, 0.05) is 16.9 Å². The van der Waals surface area contributed by atoms with Crippen LogP contribution >= 0.6 is 12.2 Å². The van der Waals surface area contributed by atoms with E-state index in [9.17, 15) is 13.6 Å². The molecule has 1 amide bonds. The summed E-state index contributed by atoms with van der Waals surface area (Å²) >= 11 is 5.21. The summed E-state index contributed by atoms with van der Waals surface area (Å²) in [7, 11) is 0. The Hall–Kier alpha value is -3.00. The van der Waals surface area contributed by atoms with E-state index in [0.717, 1.165) is 11.1 Å². The zero-order valence-corrected chi connectivity index (χ0v) is 17.0. The molecule has 5 nitrogen and oxygen atoms in total. The molecule has 2 aromatic carbocycles. The molecule has 152 valence electrons. The standard InChI is InChI=1S/C21H21F2N3O2S/c1-11-8-9-14(10-12(11)2)25-19(27)17-13(3)24-21(29)26-18(17)15-6-4-5-7-16(15)28-20(22)23/h4-10,18,20H,1-3H3,(H,25,27)(H2,24,26,29)/t18-/m0/s1. The molecule has 0 spiro atoms. The summed E-state index contributed by atoms with van der Waals surface area (Å²) in [6.07, 6.45) is 0. The quantitative estimate of drug-likeness (QED) is 0.632. The highest BCUT2D eigenvalue weighted by Crippen LogP contribution is 2.34. The molecule has 0 bridgehead atoms. The average molecular weight is 417 g/mol. The number of aryl methyl sites for hydroxylation is 2. The number of benzene rings is 2. The molecular formula is C21H21F2N3O2S. The van der Waals surface area contributed by atoms with Crippen LogP contribution in [0.25, 0.3) is 0 Å². The van der Waals surface area contributed by atoms with E-state index in [1.807, 2.05) is 32.0 Å². The Kier molecular flexibility index (Phi) is 6.12. The maximum absolute atomic E-state index is 13.1. The van der Waals surface area contributed by atoms with Crippen molar-refractivity contribution < 1.29 is 18.3 Å². The van der Waals surface area contributed by atoms with Crippen LogP contribution in [0, 0.1) is 13.8 Å². The average Bonchev–Trinajstić information content (AvgIpc) is 2.64. The predicted octanol–water partition coefficient (Wildman–Crippen LogP) is 4.34. The molecule has 1 atom stereocenters. The zero-order valence-electron chi connectivity index (χ0n) is 16.2. The minimum atomic E-state index is -2.98. The first-order valence-electron chi connectivity index (χ1n) is 8.97. The minimum absolute atomic E-state index is 0.0195. The molecule has 0 radical (unpaired) electrons. The van der Waals surface area contributed by atoms with Crippen LogP contribution in [0.15, 0.2) is 53.7 Å². The zero-order chi connectivity index (χ0) is 21.1. The van der Waals surface area contributed by atoms with Crippen molar-refractivity contribution in [2.45, 2.75) is 33.4 Å². The molecule has 8 heteroatoms. The second-order valence-electron chi connectivity index (χ2n) is 6.74. The van der Waals surface area contributed by atoms with Gasteiger partial charge in [0.05, 0.1) is 11.6 Å². The van der Waals surface area contributed by atoms with E-state index in [2.05, 4.69) is 20.7 Å². The summed E-state index contributed by atoms with van der Waals surface area (Å²) in [6.45, 7) is 2.67. The highest BCUT2D eigenvalue weighted by molar-refractivity contribution is 7.80. The lowest BCUT2D eigenvalue weighted by atomic mass is 9.94. The number of ether oxygens (including phenoxy) is 1. The van der Waals surface area contributed by atoms with Gasteiger partial charge in [-0.1, -0.05) is 24.3 Å². The van der Waals surface area contributed by atoms with Crippen LogP contribution in [-0.2, 0) is 4.79 Å². The third-order valence-electron chi connectivity index (χ3n) is 4.72. The Morgan fingerprint density at radius 3 is 2.55 bits per heavy atom. The lowest BCUT2D eigenvalue weighted by Gasteiger charge is -2.31. The third kappa shape index (κ3) is 4.71. The van der Waals surface area contributed by atoms with E-state index in [4.69, 9.17) is 12.2 Å². The fourth-order valence-electron chi connectivity index (χ4n) is 3.17. The van der Waals surface area contributed by atoms with E-state index in [-0.39, 0.29) is 11.7 Å². The summed E-state index contributed by atoms with van der Waals surface area (Å²) in [5.74, 6) is -0.390. The smallest absolute Gasteiger partial charge is 0.387 e. The summed E-state index contributed by atoms with van der Waals surface area (Å²) in [4.78, 5) is 13.1. The van der Waals surface area contributed by atoms with E-state index >= 15 is 0 Å². The van der Waals surface area contributed by atoms with Crippen LogP contribution in [-0.4, -0.2) is 17.6 Å². The van der Waals surface area contributed by atoms with Gasteiger partial charge >= 0.3 is 6.61 Å². The Morgan fingerprint density at radius 2 is 1.86 bits per heavy atom. The van der Waals surface area contributed by atoms with Gasteiger partial charge in [-0.15, -0.1) is 0 Å². The molecule has 1 heterocycles. The van der Waals surface area contributed by atoms with Gasteiger partial charge < -0.3 is 20.7 Å². The van der Waals surface area contributed by atoms with Crippen LogP contribution < -0.4 is 20.7 Å². The number of hydrogen-bond donors (Lipinski definition) is 3. The van der Waals surface area contributed by atoms with Crippen LogP contribution in [0.4, 0.5) is 14.5 Å². The van der Waals surface area contributed by atoms with Crippen molar-refractivity contribution in [2.24, 2.45) is 0 Å². The number of thiocarbonyl (C=S) groups is 1. The molecular weight excluding hydrogens is 396 g/mol. The number of carbonyl (C=O) groups excluding carboxylic acids is 1. The molecule has 1 aliphatic rings. The fourth-order valence-corrected chi connectivity index (χ4v) is 3.44. The monoisotopic (exact) mass is 417 g/mol. The maximum atomic E-state index is 13.1. The number of carbonyl (C=O) groups is 1. The van der Waals surface area contributed by atoms with Crippen molar-refractivity contribution in [1.82, 2.24) is 10.6 Å². The van der Waals surface area contributed by atoms with Crippen molar-refractivity contribution in [3.63, 3.8) is 0 Å². The van der Waals surface area contributed by atoms with Gasteiger partial charge in [0.2, 0.25) is 0 Å². The Bertz CT molecular complexity index is 992. The number of alkyl halides is 2. The first-order valence-corrected chi connectivity index (χ1v) is 9.37. The largest absolute Gasteiger partial charge is 0.434 e. The van der Waals surface area contributed by atoms with Crippen LogP contribution in [0.1, 0.15) is 29.7 Å². The number of anilines is 1. The molecule has 0 unspecified atom stereocenters. The van der Waals surface area contributed by atoms with E-state index in [1.54, 1.807) is 25.1 Å². The number of hydrogen-bond acceptors (Lipinski definition) is 3. The number of rotatable bonds is 5. The fraction of sp³-hybridized carbons (Fsp3) is 0.238. The van der Waals surface area contributed by atoms with Gasteiger partial charge in [0.25, 0.3) is 5.91 Å². The van der Waals surface area contributed by atoms with Crippen molar-refractivity contribution in [1.29, 1.82) is 0 Å². The van der Waals surface area contributed by atoms with E-state index < -0.39 is 12.7 Å². The molecule has 29 heavy (non-hydrogen) atoms. The number of halogens is 2. The summed E-state index contributed by atoms with van der Waals surface area (Å²) < 4.78 is 30.4. The summed E-state index contributed by atoms with van der Waals surface area (Å²) in [5, 5.41) is 9.09. The first kappa shape index (κ1) is 20.7. The molecule has 0 aliphatic carbocycles. The molecule has 0 aromatic heterocycles. The van der Waals surface area contributed by atoms with E-state index in [1.165, 1.54) is 6.07 Å². The van der Waals surface area contributed by atoms with Crippen molar-refractivity contribution in [3.8, 4) is 5.75 Å². The van der Waals surface area contributed by atoms with Gasteiger partial charge in [-0.05, 0) is 62.3 Å². The van der Waals surface area contributed by atoms with Gasteiger partial charge in [-0.25, -0.2) is 0 Å². The third-order valence-corrected chi connectivity index (χ3v) is 4.94. The van der Waals surface area contributed by atoms with Crippen molar-refractivity contribution >= 4 is 28.9 Å². The lowest BCUT2D eigenvalue weighted by molar-refractivity contribution is -0.113. The van der Waals surface area contributed by atoms with Crippen LogP contribution in [0.5, 0.6) is 5.75 Å². The van der Waals surface area contributed by atoms with Crippen molar-refractivity contribution in [3.05, 3.63) is 70.4 Å². The Balaban J connectivity index is 1.98. The Labute approximate surface area is 173 Å². The van der Waals surface area contributed by atoms with Gasteiger partial charge in [-0.2, -0.15) is 8.78 Å². The minimum Gasteiger partial charge on any atom is -0.434 e. The first-order chi connectivity index (χ1) is 13.8. The molecule has 1 aliphatic heterocycles. The summed E-state index contributed by atoms with van der Waals surface area (Å²) in [6, 6.07) is 11.2. The molecule has 3 rings (SSSR count). The molecule has 0 saturated carbocycles. The van der Waals surface area contributed by atoms with Gasteiger partial charge in [0.15, 0.2) is 5.11 Å². The number of allylic oxidation sites excluding steroid dienone is 1. The normalized spacial score (nSPS) is 16.3. The lowest BCUT2D eigenvalue weighted by Crippen LogP contribution is -2.45. The molecule has 3 N–H and O–H groups in total. The SMILES string of the molecule is CC1=C(C(=O)Nc2ccc(C)c(C)c2)[C@H](c2ccccc2OC(F)F)NC(=S)N1. The Morgan fingerprint density at radius 1 is 1.14 bits per heavy atom. The van der Waals surface area contributed by atoms with Crippen LogP contribution in [0.3, 0.4) is 0 Å². The van der Waals surface area contributed by atoms with E-state index in [0.29, 0.717) is 27.6 Å². The second-order valence-corrected chi connectivity index (χ2v) is 7.15. The predicted molar refractivity (Wildman–Crippen MR) is 112 cm³/mol. The van der Waals surface area contributed by atoms with Gasteiger partial charge in [-0.3, -0.25) is 4.79 Å². The molecule has 2 aromatic rings.